The van der Waals surface area contributed by atoms with Gasteiger partial charge in [0.2, 0.25) is 5.91 Å². The third-order valence-corrected chi connectivity index (χ3v) is 7.07. The first-order valence-electron chi connectivity index (χ1n) is 11.9. The number of hydrogen-bond donors (Lipinski definition) is 3. The number of anilines is 3. The third-order valence-electron chi connectivity index (χ3n) is 5.94. The number of nitrogens with one attached hydrogen (secondary N) is 3. The van der Waals surface area contributed by atoms with Gasteiger partial charge in [0.15, 0.2) is 5.57 Å². The summed E-state index contributed by atoms with van der Waals surface area (Å²) in [5, 5.41) is 26.5. The topological polar surface area (TPSA) is 143 Å². The van der Waals surface area contributed by atoms with Gasteiger partial charge in [0.25, 0.3) is 11.5 Å². The van der Waals surface area contributed by atoms with Crippen molar-refractivity contribution in [2.45, 2.75) is 19.9 Å². The molecule has 2 heterocycles. The second kappa shape index (κ2) is 11.9. The Morgan fingerprint density at radius 2 is 1.92 bits per heavy atom. The van der Waals surface area contributed by atoms with Crippen LogP contribution in [0.4, 0.5) is 17.1 Å². The van der Waals surface area contributed by atoms with Crippen molar-refractivity contribution >= 4 is 52.0 Å². The average Bonchev–Trinajstić information content (AvgIpc) is 3.47. The maximum Gasteiger partial charge on any atom is 0.270 e. The standard InChI is InChI=1S/C27H25N7O3S/c1-2-34-26(37)23(38-27(34)21(15-29)25(36)30-12-11-28)16-31-19-7-5-8-20(14-19)32-24(35)17-33-13-10-18-6-3-4-9-22(18)33/h3-9,14,16,31H,2,10,12-13,17H2,1H3,(H,30,36)(H,32,35). The van der Waals surface area contributed by atoms with Gasteiger partial charge in [-0.1, -0.05) is 24.3 Å². The van der Waals surface area contributed by atoms with E-state index >= 15 is 0 Å². The number of amides is 2. The van der Waals surface area contributed by atoms with Crippen LogP contribution in [0.1, 0.15) is 12.5 Å². The summed E-state index contributed by atoms with van der Waals surface area (Å²) in [6, 6.07) is 18.8. The zero-order valence-electron chi connectivity index (χ0n) is 20.7. The molecule has 0 bridgehead atoms. The molecule has 4 rings (SSSR count). The lowest BCUT2D eigenvalue weighted by atomic mass is 10.2. The van der Waals surface area contributed by atoms with Crippen molar-refractivity contribution in [1.82, 2.24) is 9.88 Å². The molecule has 3 aromatic rings. The molecular formula is C27H25N7O3S. The molecule has 0 atom stereocenters. The molecule has 2 amide bonds. The van der Waals surface area contributed by atoms with Crippen molar-refractivity contribution in [3.8, 4) is 12.1 Å². The van der Waals surface area contributed by atoms with Gasteiger partial charge in [-0.05, 0) is 43.2 Å². The monoisotopic (exact) mass is 527 g/mol. The highest BCUT2D eigenvalue weighted by atomic mass is 32.1. The molecule has 0 spiro atoms. The summed E-state index contributed by atoms with van der Waals surface area (Å²) in [5.41, 5.74) is 2.99. The first-order chi connectivity index (χ1) is 18.4. The summed E-state index contributed by atoms with van der Waals surface area (Å²) in [7, 11) is 0. The summed E-state index contributed by atoms with van der Waals surface area (Å²) in [6.07, 6.45) is 2.42. The highest BCUT2D eigenvalue weighted by molar-refractivity contribution is 7.07. The van der Waals surface area contributed by atoms with Gasteiger partial charge in [0.1, 0.15) is 21.8 Å². The van der Waals surface area contributed by atoms with E-state index in [2.05, 4.69) is 26.9 Å². The van der Waals surface area contributed by atoms with Crippen LogP contribution in [0.5, 0.6) is 0 Å². The zero-order chi connectivity index (χ0) is 27.1. The molecule has 10 nitrogen and oxygen atoms in total. The lowest BCUT2D eigenvalue weighted by Gasteiger charge is -2.18. The Labute approximate surface area is 222 Å². The summed E-state index contributed by atoms with van der Waals surface area (Å²) in [4.78, 5) is 40.0. The van der Waals surface area contributed by atoms with Gasteiger partial charge in [0, 0.05) is 36.4 Å². The molecule has 0 unspecified atom stereocenters. The molecule has 192 valence electrons. The first kappa shape index (κ1) is 26.2. The van der Waals surface area contributed by atoms with Gasteiger partial charge < -0.3 is 20.9 Å². The normalized spacial score (nSPS) is 13.2. The number of thiazole rings is 1. The van der Waals surface area contributed by atoms with Crippen LogP contribution in [0.2, 0.25) is 0 Å². The quantitative estimate of drug-likeness (QED) is 0.372. The fourth-order valence-electron chi connectivity index (χ4n) is 4.18. The van der Waals surface area contributed by atoms with Gasteiger partial charge in [-0.25, -0.2) is 0 Å². The average molecular weight is 528 g/mol. The summed E-state index contributed by atoms with van der Waals surface area (Å²) >= 11 is 1.01. The fourth-order valence-corrected chi connectivity index (χ4v) is 5.26. The molecule has 1 aliphatic rings. The Kier molecular flexibility index (Phi) is 8.21. The zero-order valence-corrected chi connectivity index (χ0v) is 21.5. The molecule has 1 aromatic heterocycles. The Hall–Kier alpha value is -4.87. The van der Waals surface area contributed by atoms with Crippen molar-refractivity contribution in [2.75, 3.05) is 35.2 Å². The molecule has 0 saturated carbocycles. The summed E-state index contributed by atoms with van der Waals surface area (Å²) in [6.45, 7) is 2.80. The SMILES string of the molecule is CCn1c(=C(C#N)C(=O)NCC#N)sc(=CNc2cccc(NC(=O)CN3CCc4ccccc43)c2)c1=O. The lowest BCUT2D eigenvalue weighted by molar-refractivity contribution is -0.116. The van der Waals surface area contributed by atoms with E-state index < -0.39 is 5.91 Å². The Morgan fingerprint density at radius 3 is 2.68 bits per heavy atom. The van der Waals surface area contributed by atoms with Gasteiger partial charge in [0.05, 0.1) is 12.6 Å². The number of nitriles is 2. The van der Waals surface area contributed by atoms with Crippen molar-refractivity contribution in [3.63, 3.8) is 0 Å². The highest BCUT2D eigenvalue weighted by Gasteiger charge is 2.20. The number of benzene rings is 2. The fraction of sp³-hybridized carbons (Fsp3) is 0.222. The van der Waals surface area contributed by atoms with Crippen molar-refractivity contribution in [1.29, 1.82) is 10.5 Å². The number of nitrogens with zero attached hydrogens (tertiary/aromatic N) is 4. The van der Waals surface area contributed by atoms with Gasteiger partial charge in [-0.2, -0.15) is 10.5 Å². The highest BCUT2D eigenvalue weighted by Crippen LogP contribution is 2.27. The predicted molar refractivity (Wildman–Crippen MR) is 147 cm³/mol. The van der Waals surface area contributed by atoms with E-state index in [4.69, 9.17) is 5.26 Å². The second-order valence-corrected chi connectivity index (χ2v) is 9.40. The van der Waals surface area contributed by atoms with Gasteiger partial charge >= 0.3 is 0 Å². The number of aromatic nitrogens is 1. The molecule has 0 radical (unpaired) electrons. The molecule has 0 aliphatic carbocycles. The largest absolute Gasteiger partial charge is 0.362 e. The Bertz CT molecular complexity index is 1640. The number of rotatable bonds is 8. The molecule has 11 heteroatoms. The van der Waals surface area contributed by atoms with Crippen molar-refractivity contribution in [3.05, 3.63) is 73.6 Å². The molecule has 3 N–H and O–H groups in total. The summed E-state index contributed by atoms with van der Waals surface area (Å²) < 4.78 is 1.85. The first-order valence-corrected chi connectivity index (χ1v) is 12.8. The van der Waals surface area contributed by atoms with Crippen LogP contribution in [0.25, 0.3) is 11.8 Å². The minimum Gasteiger partial charge on any atom is -0.362 e. The molecule has 0 saturated heterocycles. The number of hydrogen-bond acceptors (Lipinski definition) is 8. The van der Waals surface area contributed by atoms with Gasteiger partial charge in [-0.3, -0.25) is 19.0 Å². The van der Waals surface area contributed by atoms with Crippen LogP contribution in [0.15, 0.2) is 53.3 Å². The molecule has 0 fully saturated rings. The van der Waals surface area contributed by atoms with Crippen molar-refractivity contribution < 1.29 is 9.59 Å². The van der Waals surface area contributed by atoms with E-state index in [1.54, 1.807) is 37.3 Å². The van der Waals surface area contributed by atoms with E-state index in [1.165, 1.54) is 16.3 Å². The number of carbonyl (C=O) groups excluding carboxylic acids is 2. The Morgan fingerprint density at radius 1 is 1.13 bits per heavy atom. The van der Waals surface area contributed by atoms with E-state index in [1.807, 2.05) is 24.3 Å². The van der Waals surface area contributed by atoms with Crippen LogP contribution in [0, 0.1) is 22.7 Å². The van der Waals surface area contributed by atoms with E-state index in [0.29, 0.717) is 15.9 Å². The second-order valence-electron chi connectivity index (χ2n) is 8.37. The minimum atomic E-state index is -0.710. The third kappa shape index (κ3) is 5.75. The van der Waals surface area contributed by atoms with Crippen LogP contribution in [-0.4, -0.2) is 36.0 Å². The molecule has 2 aromatic carbocycles. The summed E-state index contributed by atoms with van der Waals surface area (Å²) in [5.74, 6) is -0.844. The predicted octanol–water partition coefficient (Wildman–Crippen LogP) is 1.10. The van der Waals surface area contributed by atoms with Crippen LogP contribution < -0.4 is 35.6 Å². The van der Waals surface area contributed by atoms with Crippen molar-refractivity contribution in [2.24, 2.45) is 0 Å². The maximum absolute atomic E-state index is 12.9. The number of carbonyl (C=O) groups is 2. The molecule has 38 heavy (non-hydrogen) atoms. The van der Waals surface area contributed by atoms with E-state index in [-0.39, 0.29) is 41.3 Å². The van der Waals surface area contributed by atoms with Crippen LogP contribution >= 0.6 is 11.3 Å². The van der Waals surface area contributed by atoms with E-state index in [9.17, 15) is 19.6 Å². The number of fused-ring (bicyclic) bond motifs is 1. The van der Waals surface area contributed by atoms with Crippen LogP contribution in [0.3, 0.4) is 0 Å². The molecular weight excluding hydrogens is 502 g/mol. The minimum absolute atomic E-state index is 0.134. The lowest BCUT2D eigenvalue weighted by Crippen LogP contribution is -2.34. The van der Waals surface area contributed by atoms with Gasteiger partial charge in [-0.15, -0.1) is 11.3 Å². The smallest absolute Gasteiger partial charge is 0.270 e. The van der Waals surface area contributed by atoms with Crippen LogP contribution in [-0.2, 0) is 22.6 Å². The number of para-hydroxylation sites is 1. The van der Waals surface area contributed by atoms with E-state index in [0.717, 1.165) is 30.0 Å². The Balaban J connectivity index is 1.51. The maximum atomic E-state index is 12.9. The molecule has 1 aliphatic heterocycles.